The van der Waals surface area contributed by atoms with E-state index in [-0.39, 0.29) is 17.7 Å². The molecular formula is C21H26N2O2. The number of nitrogens with one attached hydrogen (secondary N) is 2. The minimum atomic E-state index is -0.604. The van der Waals surface area contributed by atoms with Gasteiger partial charge in [0, 0.05) is 11.3 Å². The molecule has 25 heavy (non-hydrogen) atoms. The molecule has 0 aliphatic heterocycles. The molecule has 0 bridgehead atoms. The van der Waals surface area contributed by atoms with E-state index in [0.29, 0.717) is 5.56 Å². The number of rotatable bonds is 5. The fourth-order valence-corrected chi connectivity index (χ4v) is 2.63. The molecule has 0 aliphatic rings. The van der Waals surface area contributed by atoms with E-state index in [9.17, 15) is 9.59 Å². The number of anilines is 1. The number of aryl methyl sites for hydroxylation is 3. The molecule has 4 nitrogen and oxygen atoms in total. The molecule has 0 aliphatic carbocycles. The molecule has 1 atom stereocenters. The van der Waals surface area contributed by atoms with Gasteiger partial charge in [0.05, 0.1) is 0 Å². The van der Waals surface area contributed by atoms with Crippen LogP contribution in [0, 0.1) is 26.7 Å². The van der Waals surface area contributed by atoms with E-state index in [1.165, 1.54) is 0 Å². The summed E-state index contributed by atoms with van der Waals surface area (Å²) in [5.41, 5.74) is 4.41. The van der Waals surface area contributed by atoms with Crippen LogP contribution in [-0.4, -0.2) is 17.9 Å². The Morgan fingerprint density at radius 3 is 2.24 bits per heavy atom. The topological polar surface area (TPSA) is 58.2 Å². The van der Waals surface area contributed by atoms with Gasteiger partial charge >= 0.3 is 0 Å². The van der Waals surface area contributed by atoms with Crippen molar-refractivity contribution < 1.29 is 9.59 Å². The molecule has 0 saturated carbocycles. The van der Waals surface area contributed by atoms with Crippen LogP contribution in [0.1, 0.15) is 40.9 Å². The van der Waals surface area contributed by atoms with Crippen LogP contribution in [0.15, 0.2) is 42.5 Å². The second-order valence-corrected chi connectivity index (χ2v) is 6.87. The van der Waals surface area contributed by atoms with Crippen molar-refractivity contribution in [2.24, 2.45) is 5.92 Å². The third-order valence-corrected chi connectivity index (χ3v) is 4.17. The second-order valence-electron chi connectivity index (χ2n) is 6.87. The van der Waals surface area contributed by atoms with Gasteiger partial charge in [-0.15, -0.1) is 0 Å². The van der Waals surface area contributed by atoms with Crippen molar-refractivity contribution in [3.8, 4) is 0 Å². The van der Waals surface area contributed by atoms with Crippen LogP contribution in [0.3, 0.4) is 0 Å². The van der Waals surface area contributed by atoms with Crippen molar-refractivity contribution in [1.82, 2.24) is 5.32 Å². The third-order valence-electron chi connectivity index (χ3n) is 4.17. The number of carbonyl (C=O) groups is 2. The van der Waals surface area contributed by atoms with Gasteiger partial charge in [-0.3, -0.25) is 9.59 Å². The molecule has 0 radical (unpaired) electrons. The Bertz CT molecular complexity index is 781. The molecule has 2 N–H and O–H groups in total. The molecule has 132 valence electrons. The Balaban J connectivity index is 2.15. The zero-order valence-electron chi connectivity index (χ0n) is 15.5. The van der Waals surface area contributed by atoms with Gasteiger partial charge in [0.1, 0.15) is 6.04 Å². The highest BCUT2D eigenvalue weighted by Gasteiger charge is 2.25. The number of amides is 2. The van der Waals surface area contributed by atoms with Crippen molar-refractivity contribution >= 4 is 17.5 Å². The van der Waals surface area contributed by atoms with E-state index in [1.807, 2.05) is 71.0 Å². The lowest BCUT2D eigenvalue weighted by atomic mass is 10.0. The van der Waals surface area contributed by atoms with Crippen LogP contribution in [0.5, 0.6) is 0 Å². The van der Waals surface area contributed by atoms with E-state index < -0.39 is 6.04 Å². The van der Waals surface area contributed by atoms with Gasteiger partial charge in [0.2, 0.25) is 5.91 Å². The maximum Gasteiger partial charge on any atom is 0.251 e. The van der Waals surface area contributed by atoms with Crippen LogP contribution in [0.4, 0.5) is 5.69 Å². The Morgan fingerprint density at radius 2 is 1.60 bits per heavy atom. The van der Waals surface area contributed by atoms with E-state index in [2.05, 4.69) is 10.6 Å². The first-order valence-electron chi connectivity index (χ1n) is 8.53. The molecule has 2 amide bonds. The predicted octanol–water partition coefficient (Wildman–Crippen LogP) is 4.00. The fourth-order valence-electron chi connectivity index (χ4n) is 2.63. The molecule has 0 fully saturated rings. The summed E-state index contributed by atoms with van der Waals surface area (Å²) in [4.78, 5) is 25.2. The first kappa shape index (κ1) is 18.7. The summed E-state index contributed by atoms with van der Waals surface area (Å²) in [6, 6.07) is 12.7. The average Bonchev–Trinajstić information content (AvgIpc) is 2.55. The van der Waals surface area contributed by atoms with E-state index in [0.717, 1.165) is 22.4 Å². The van der Waals surface area contributed by atoms with Gasteiger partial charge in [0.15, 0.2) is 0 Å². The van der Waals surface area contributed by atoms with Crippen molar-refractivity contribution in [3.05, 3.63) is 64.7 Å². The highest BCUT2D eigenvalue weighted by Crippen LogP contribution is 2.17. The Morgan fingerprint density at radius 1 is 0.920 bits per heavy atom. The molecule has 0 saturated heterocycles. The lowest BCUT2D eigenvalue weighted by Gasteiger charge is -2.22. The maximum atomic E-state index is 12.7. The summed E-state index contributed by atoms with van der Waals surface area (Å²) >= 11 is 0. The van der Waals surface area contributed by atoms with E-state index in [1.54, 1.807) is 6.07 Å². The van der Waals surface area contributed by atoms with Gasteiger partial charge in [-0.1, -0.05) is 43.7 Å². The van der Waals surface area contributed by atoms with Crippen molar-refractivity contribution in [2.75, 3.05) is 5.32 Å². The lowest BCUT2D eigenvalue weighted by Crippen LogP contribution is -2.47. The molecule has 0 heterocycles. The Kier molecular flexibility index (Phi) is 5.97. The number of carbonyl (C=O) groups excluding carboxylic acids is 2. The molecule has 2 aromatic carbocycles. The Hall–Kier alpha value is -2.62. The minimum Gasteiger partial charge on any atom is -0.340 e. The van der Waals surface area contributed by atoms with Gasteiger partial charge in [-0.2, -0.15) is 0 Å². The van der Waals surface area contributed by atoms with Crippen LogP contribution < -0.4 is 10.6 Å². The van der Waals surface area contributed by atoms with E-state index in [4.69, 9.17) is 0 Å². The first-order valence-corrected chi connectivity index (χ1v) is 8.53. The standard InChI is InChI=1S/C21H26N2O2/c1-13(2)19(23-20(24)17-8-6-7-14(3)11-17)21(25)22-18-12-15(4)9-10-16(18)5/h6-13,19H,1-5H3,(H,22,25)(H,23,24). The smallest absolute Gasteiger partial charge is 0.251 e. The summed E-state index contributed by atoms with van der Waals surface area (Å²) in [6.07, 6.45) is 0. The van der Waals surface area contributed by atoms with Crippen LogP contribution >= 0.6 is 0 Å². The fraction of sp³-hybridized carbons (Fsp3) is 0.333. The molecule has 4 heteroatoms. The number of hydrogen-bond acceptors (Lipinski definition) is 2. The summed E-state index contributed by atoms with van der Waals surface area (Å²) in [6.45, 7) is 9.71. The van der Waals surface area contributed by atoms with Crippen molar-refractivity contribution in [3.63, 3.8) is 0 Å². The second kappa shape index (κ2) is 7.97. The lowest BCUT2D eigenvalue weighted by molar-refractivity contribution is -0.118. The maximum absolute atomic E-state index is 12.7. The molecule has 0 aromatic heterocycles. The van der Waals surface area contributed by atoms with Crippen molar-refractivity contribution in [2.45, 2.75) is 40.7 Å². The first-order chi connectivity index (χ1) is 11.8. The molecular weight excluding hydrogens is 312 g/mol. The quantitative estimate of drug-likeness (QED) is 0.865. The zero-order valence-corrected chi connectivity index (χ0v) is 15.5. The monoisotopic (exact) mass is 338 g/mol. The predicted molar refractivity (Wildman–Crippen MR) is 102 cm³/mol. The largest absolute Gasteiger partial charge is 0.340 e. The summed E-state index contributed by atoms with van der Waals surface area (Å²) < 4.78 is 0. The van der Waals surface area contributed by atoms with E-state index >= 15 is 0 Å². The SMILES string of the molecule is Cc1cccc(C(=O)NC(C(=O)Nc2cc(C)ccc2C)C(C)C)c1. The van der Waals surface area contributed by atoms with Gasteiger partial charge in [-0.05, 0) is 56.0 Å². The molecule has 2 rings (SSSR count). The molecule has 1 unspecified atom stereocenters. The Labute approximate surface area is 149 Å². The minimum absolute atomic E-state index is 0.0288. The molecule has 0 spiro atoms. The van der Waals surface area contributed by atoms with Crippen LogP contribution in [-0.2, 0) is 4.79 Å². The number of hydrogen-bond donors (Lipinski definition) is 2. The van der Waals surface area contributed by atoms with Gasteiger partial charge < -0.3 is 10.6 Å². The van der Waals surface area contributed by atoms with Crippen LogP contribution in [0.2, 0.25) is 0 Å². The normalized spacial score (nSPS) is 11.9. The number of benzene rings is 2. The summed E-state index contributed by atoms with van der Waals surface area (Å²) in [5, 5.41) is 5.81. The highest BCUT2D eigenvalue weighted by molar-refractivity contribution is 6.01. The third kappa shape index (κ3) is 4.92. The van der Waals surface area contributed by atoms with Crippen molar-refractivity contribution in [1.29, 1.82) is 0 Å². The summed E-state index contributed by atoms with van der Waals surface area (Å²) in [7, 11) is 0. The van der Waals surface area contributed by atoms with Crippen LogP contribution in [0.25, 0.3) is 0 Å². The summed E-state index contributed by atoms with van der Waals surface area (Å²) in [5.74, 6) is -0.470. The molecule has 2 aromatic rings. The van der Waals surface area contributed by atoms with Gasteiger partial charge in [0.25, 0.3) is 5.91 Å². The zero-order chi connectivity index (χ0) is 18.6. The highest BCUT2D eigenvalue weighted by atomic mass is 16.2. The van der Waals surface area contributed by atoms with Gasteiger partial charge in [-0.25, -0.2) is 0 Å². The average molecular weight is 338 g/mol.